The smallest absolute Gasteiger partial charge is 0.273 e. The summed E-state index contributed by atoms with van der Waals surface area (Å²) in [7, 11) is 0. The Bertz CT molecular complexity index is 676. The number of thiazole rings is 1. The van der Waals surface area contributed by atoms with Gasteiger partial charge in [0.05, 0.1) is 9.21 Å². The fourth-order valence-electron chi connectivity index (χ4n) is 2.80. The van der Waals surface area contributed by atoms with Crippen molar-refractivity contribution in [3.8, 4) is 9.88 Å². The van der Waals surface area contributed by atoms with E-state index in [0.717, 1.165) is 33.6 Å². The van der Waals surface area contributed by atoms with Crippen LogP contribution in [-0.2, 0) is 0 Å². The number of amides is 1. The van der Waals surface area contributed by atoms with E-state index in [-0.39, 0.29) is 36.8 Å². The highest BCUT2D eigenvalue weighted by molar-refractivity contribution is 7.23. The number of rotatable bonds is 3. The molecule has 1 aliphatic rings. The predicted octanol–water partition coefficient (Wildman–Crippen LogP) is 4.57. The van der Waals surface area contributed by atoms with E-state index in [4.69, 9.17) is 17.3 Å². The fraction of sp³-hybridized carbons (Fsp3) is 0.467. The maximum absolute atomic E-state index is 12.7. The molecule has 2 atom stereocenters. The topological polar surface area (TPSA) is 59.2 Å². The highest BCUT2D eigenvalue weighted by Crippen LogP contribution is 2.33. The second-order valence-corrected chi connectivity index (χ2v) is 8.23. The van der Waals surface area contributed by atoms with Crippen molar-refractivity contribution in [3.63, 3.8) is 0 Å². The molecule has 2 aromatic heterocycles. The number of carbonyl (C=O) groups excluding carboxylic acids is 1. The normalized spacial score (nSPS) is 20.2. The summed E-state index contributed by atoms with van der Waals surface area (Å²) in [5.41, 5.74) is 6.36. The van der Waals surface area contributed by atoms with Gasteiger partial charge in [-0.05, 0) is 30.9 Å². The zero-order valence-corrected chi connectivity index (χ0v) is 17.1. The number of nitrogens with two attached hydrogens (primary N) is 1. The van der Waals surface area contributed by atoms with Crippen LogP contribution in [0.3, 0.4) is 0 Å². The van der Waals surface area contributed by atoms with Crippen LogP contribution in [0.5, 0.6) is 0 Å². The summed E-state index contributed by atoms with van der Waals surface area (Å²) in [4.78, 5) is 20.1. The minimum absolute atomic E-state index is 0. The molecular formula is C15H20Cl3N3OS2. The van der Waals surface area contributed by atoms with Crippen molar-refractivity contribution < 1.29 is 4.79 Å². The first kappa shape index (κ1) is 21.7. The Hall–Kier alpha value is -0.370. The zero-order chi connectivity index (χ0) is 15.7. The molecular weight excluding hydrogens is 409 g/mol. The zero-order valence-electron chi connectivity index (χ0n) is 13.1. The minimum Gasteiger partial charge on any atom is -0.333 e. The third kappa shape index (κ3) is 4.62. The second-order valence-electron chi connectivity index (χ2n) is 5.66. The van der Waals surface area contributed by atoms with Gasteiger partial charge in [0, 0.05) is 24.5 Å². The number of nitrogens with zero attached hydrogens (tertiary/aromatic N) is 2. The number of aromatic nitrogens is 1. The van der Waals surface area contributed by atoms with Gasteiger partial charge in [-0.2, -0.15) is 0 Å². The Labute approximate surface area is 167 Å². The standard InChI is InChI=1S/C15H18ClN3OS2.2ClH/c1-9-4-5-19(10(6-9)7-17)15(20)11-8-21-14(18-11)12-2-3-13(16)22-12;;/h2-3,8-10H,4-7,17H2,1H3;2*1H. The summed E-state index contributed by atoms with van der Waals surface area (Å²) in [6, 6.07) is 3.91. The maximum Gasteiger partial charge on any atom is 0.273 e. The molecule has 0 bridgehead atoms. The minimum atomic E-state index is -0.00694. The van der Waals surface area contributed by atoms with Gasteiger partial charge in [0.2, 0.25) is 0 Å². The average molecular weight is 429 g/mol. The molecule has 24 heavy (non-hydrogen) atoms. The summed E-state index contributed by atoms with van der Waals surface area (Å²) in [5, 5.41) is 2.67. The van der Waals surface area contributed by atoms with Crippen molar-refractivity contribution in [1.29, 1.82) is 0 Å². The van der Waals surface area contributed by atoms with Crippen LogP contribution in [0.2, 0.25) is 4.34 Å². The third-order valence-electron chi connectivity index (χ3n) is 4.02. The Balaban J connectivity index is 0.00000144. The van der Waals surface area contributed by atoms with Gasteiger partial charge in [-0.15, -0.1) is 47.5 Å². The summed E-state index contributed by atoms with van der Waals surface area (Å²) < 4.78 is 0.728. The molecule has 4 nitrogen and oxygen atoms in total. The summed E-state index contributed by atoms with van der Waals surface area (Å²) in [6.45, 7) is 3.49. The molecule has 1 amide bonds. The summed E-state index contributed by atoms with van der Waals surface area (Å²) in [6.07, 6.45) is 2.00. The number of halogens is 3. The van der Waals surface area contributed by atoms with Gasteiger partial charge in [0.1, 0.15) is 10.7 Å². The fourth-order valence-corrected chi connectivity index (χ4v) is 4.71. The molecule has 1 fully saturated rings. The van der Waals surface area contributed by atoms with Crippen LogP contribution in [-0.4, -0.2) is 34.9 Å². The van der Waals surface area contributed by atoms with E-state index in [1.807, 2.05) is 22.4 Å². The van der Waals surface area contributed by atoms with Gasteiger partial charge in [-0.25, -0.2) is 4.98 Å². The van der Waals surface area contributed by atoms with Crippen molar-refractivity contribution >= 4 is 65.0 Å². The van der Waals surface area contributed by atoms with Gasteiger partial charge in [0.25, 0.3) is 5.91 Å². The van der Waals surface area contributed by atoms with Crippen molar-refractivity contribution in [2.24, 2.45) is 11.7 Å². The van der Waals surface area contributed by atoms with Crippen molar-refractivity contribution in [2.45, 2.75) is 25.8 Å². The number of piperidine rings is 1. The number of likely N-dealkylation sites (tertiary alicyclic amines) is 1. The highest BCUT2D eigenvalue weighted by Gasteiger charge is 2.30. The van der Waals surface area contributed by atoms with Crippen LogP contribution >= 0.6 is 59.1 Å². The van der Waals surface area contributed by atoms with E-state index in [1.165, 1.54) is 22.7 Å². The van der Waals surface area contributed by atoms with Gasteiger partial charge in [-0.1, -0.05) is 18.5 Å². The number of carbonyl (C=O) groups is 1. The average Bonchev–Trinajstić information content (AvgIpc) is 3.15. The van der Waals surface area contributed by atoms with Gasteiger partial charge in [-0.3, -0.25) is 4.79 Å². The Morgan fingerprint density at radius 1 is 1.46 bits per heavy atom. The van der Waals surface area contributed by atoms with E-state index in [0.29, 0.717) is 18.2 Å². The lowest BCUT2D eigenvalue weighted by atomic mass is 9.92. The first-order valence-electron chi connectivity index (χ1n) is 7.30. The lowest BCUT2D eigenvalue weighted by Crippen LogP contribution is -2.49. The van der Waals surface area contributed by atoms with Gasteiger partial charge >= 0.3 is 0 Å². The number of hydrogen-bond donors (Lipinski definition) is 1. The first-order valence-corrected chi connectivity index (χ1v) is 9.38. The number of hydrogen-bond acceptors (Lipinski definition) is 5. The van der Waals surface area contributed by atoms with E-state index in [1.54, 1.807) is 0 Å². The van der Waals surface area contributed by atoms with Gasteiger partial charge < -0.3 is 10.6 Å². The van der Waals surface area contributed by atoms with Gasteiger partial charge in [0.15, 0.2) is 0 Å². The van der Waals surface area contributed by atoms with Crippen LogP contribution in [0.25, 0.3) is 9.88 Å². The summed E-state index contributed by atoms with van der Waals surface area (Å²) in [5.74, 6) is 0.615. The third-order valence-corrected chi connectivity index (χ3v) is 6.26. The van der Waals surface area contributed by atoms with Crippen molar-refractivity contribution in [3.05, 3.63) is 27.5 Å². The van der Waals surface area contributed by atoms with E-state index in [9.17, 15) is 4.79 Å². The molecule has 0 radical (unpaired) electrons. The molecule has 0 spiro atoms. The van der Waals surface area contributed by atoms with E-state index >= 15 is 0 Å². The molecule has 3 heterocycles. The van der Waals surface area contributed by atoms with Crippen molar-refractivity contribution in [2.75, 3.05) is 13.1 Å². The van der Waals surface area contributed by atoms with Crippen LogP contribution in [0.4, 0.5) is 0 Å². The molecule has 3 rings (SSSR count). The van der Waals surface area contributed by atoms with E-state index < -0.39 is 0 Å². The van der Waals surface area contributed by atoms with Crippen LogP contribution in [0, 0.1) is 5.92 Å². The SMILES string of the molecule is CC1CCN(C(=O)c2csc(-c3ccc(Cl)s3)n2)C(CN)C1.Cl.Cl. The van der Waals surface area contributed by atoms with E-state index in [2.05, 4.69) is 11.9 Å². The molecule has 0 aromatic carbocycles. The lowest BCUT2D eigenvalue weighted by molar-refractivity contribution is 0.0568. The second kappa shape index (κ2) is 9.36. The molecule has 2 aromatic rings. The molecule has 1 saturated heterocycles. The Morgan fingerprint density at radius 3 is 2.83 bits per heavy atom. The molecule has 1 aliphatic heterocycles. The summed E-state index contributed by atoms with van der Waals surface area (Å²) >= 11 is 8.91. The first-order chi connectivity index (χ1) is 10.6. The molecule has 0 saturated carbocycles. The maximum atomic E-state index is 12.7. The lowest BCUT2D eigenvalue weighted by Gasteiger charge is -2.37. The molecule has 0 aliphatic carbocycles. The quantitative estimate of drug-likeness (QED) is 0.779. The molecule has 134 valence electrons. The van der Waals surface area contributed by atoms with Crippen LogP contribution in [0.1, 0.15) is 30.3 Å². The number of thiophene rings is 1. The molecule has 2 N–H and O–H groups in total. The van der Waals surface area contributed by atoms with Crippen molar-refractivity contribution in [1.82, 2.24) is 9.88 Å². The van der Waals surface area contributed by atoms with Crippen LogP contribution in [0.15, 0.2) is 17.5 Å². The Kier molecular flexibility index (Phi) is 8.45. The highest BCUT2D eigenvalue weighted by atomic mass is 35.5. The molecule has 2 unspecified atom stereocenters. The molecule has 9 heteroatoms. The Morgan fingerprint density at radius 2 is 2.21 bits per heavy atom. The predicted molar refractivity (Wildman–Crippen MR) is 107 cm³/mol. The largest absolute Gasteiger partial charge is 0.333 e. The van der Waals surface area contributed by atoms with Crippen LogP contribution < -0.4 is 5.73 Å². The monoisotopic (exact) mass is 427 g/mol.